The van der Waals surface area contributed by atoms with Gasteiger partial charge in [-0.25, -0.2) is 15.0 Å². The molecule has 8 rings (SSSR count). The molecule has 0 unspecified atom stereocenters. The van der Waals surface area contributed by atoms with Gasteiger partial charge in [0.2, 0.25) is 0 Å². The van der Waals surface area contributed by atoms with E-state index in [1.165, 1.54) is 21.5 Å². The molecular formula is C35H25N3OSi. The monoisotopic (exact) mass is 531 g/mol. The molecule has 190 valence electrons. The summed E-state index contributed by atoms with van der Waals surface area (Å²) in [5.74, 6) is 1.98. The van der Waals surface area contributed by atoms with Gasteiger partial charge in [0, 0.05) is 27.5 Å². The van der Waals surface area contributed by atoms with Crippen molar-refractivity contribution in [1.29, 1.82) is 0 Å². The van der Waals surface area contributed by atoms with Gasteiger partial charge in [-0.15, -0.1) is 0 Å². The highest BCUT2D eigenvalue weighted by Crippen LogP contribution is 2.37. The fourth-order valence-corrected chi connectivity index (χ4v) is 9.24. The summed E-state index contributed by atoms with van der Waals surface area (Å²) in [4.78, 5) is 15.1. The molecule has 0 fully saturated rings. The van der Waals surface area contributed by atoms with Crippen molar-refractivity contribution in [3.63, 3.8) is 0 Å². The Bertz CT molecular complexity index is 2100. The van der Waals surface area contributed by atoms with E-state index in [2.05, 4.69) is 73.8 Å². The van der Waals surface area contributed by atoms with Crippen LogP contribution in [0.5, 0.6) is 0 Å². The van der Waals surface area contributed by atoms with Crippen molar-refractivity contribution in [2.45, 2.75) is 13.1 Å². The maximum Gasteiger partial charge on any atom is 0.164 e. The van der Waals surface area contributed by atoms with Crippen molar-refractivity contribution in [2.75, 3.05) is 0 Å². The van der Waals surface area contributed by atoms with Crippen molar-refractivity contribution < 1.29 is 4.42 Å². The maximum absolute atomic E-state index is 6.20. The van der Waals surface area contributed by atoms with E-state index in [1.54, 1.807) is 0 Å². The van der Waals surface area contributed by atoms with Gasteiger partial charge in [-0.3, -0.25) is 0 Å². The first-order valence-corrected chi connectivity index (χ1v) is 16.5. The predicted molar refractivity (Wildman–Crippen MR) is 166 cm³/mol. The molecule has 4 nitrogen and oxygen atoms in total. The zero-order chi connectivity index (χ0) is 26.8. The molecule has 3 heterocycles. The van der Waals surface area contributed by atoms with Gasteiger partial charge in [0.05, 0.1) is 0 Å². The van der Waals surface area contributed by atoms with Crippen molar-refractivity contribution in [3.05, 3.63) is 115 Å². The lowest BCUT2D eigenvalue weighted by Crippen LogP contribution is -2.49. The highest BCUT2D eigenvalue weighted by Gasteiger charge is 2.38. The predicted octanol–water partition coefficient (Wildman–Crippen LogP) is 7.58. The van der Waals surface area contributed by atoms with E-state index in [0.29, 0.717) is 17.5 Å². The summed E-state index contributed by atoms with van der Waals surface area (Å²) in [5.41, 5.74) is 7.17. The lowest BCUT2D eigenvalue weighted by atomic mass is 9.99. The normalized spacial score (nSPS) is 13.4. The number of rotatable bonds is 3. The second kappa shape index (κ2) is 8.56. The molecular weight excluding hydrogens is 506 g/mol. The molecule has 1 aliphatic heterocycles. The molecule has 7 aromatic rings. The van der Waals surface area contributed by atoms with Crippen LogP contribution in [0.15, 0.2) is 120 Å². The molecule has 1 aliphatic rings. The van der Waals surface area contributed by atoms with Crippen LogP contribution in [0.2, 0.25) is 13.1 Å². The molecule has 2 aromatic heterocycles. The van der Waals surface area contributed by atoms with Gasteiger partial charge in [-0.05, 0) is 39.7 Å². The summed E-state index contributed by atoms with van der Waals surface area (Å²) in [6.07, 6.45) is 0. The Kier molecular flexibility index (Phi) is 4.94. The minimum atomic E-state index is -1.83. The van der Waals surface area contributed by atoms with Crippen LogP contribution in [-0.4, -0.2) is 23.0 Å². The second-order valence-electron chi connectivity index (χ2n) is 10.9. The number of nitrogens with zero attached hydrogens (tertiary/aromatic N) is 3. The Morgan fingerprint density at radius 1 is 0.500 bits per heavy atom. The van der Waals surface area contributed by atoms with Gasteiger partial charge in [0.15, 0.2) is 17.5 Å². The van der Waals surface area contributed by atoms with Crippen molar-refractivity contribution in [2.24, 2.45) is 0 Å². The zero-order valence-corrected chi connectivity index (χ0v) is 23.2. The van der Waals surface area contributed by atoms with Crippen LogP contribution in [0, 0.1) is 0 Å². The molecule has 5 aromatic carbocycles. The number of fused-ring (bicyclic) bond motifs is 6. The molecule has 0 amide bonds. The van der Waals surface area contributed by atoms with E-state index < -0.39 is 8.07 Å². The van der Waals surface area contributed by atoms with Crippen LogP contribution in [0.25, 0.3) is 67.2 Å². The smallest absolute Gasteiger partial charge is 0.164 e. The van der Waals surface area contributed by atoms with Crippen molar-refractivity contribution in [3.8, 4) is 45.3 Å². The lowest BCUT2D eigenvalue weighted by Gasteiger charge is -2.18. The van der Waals surface area contributed by atoms with Crippen molar-refractivity contribution in [1.82, 2.24) is 15.0 Å². The second-order valence-corrected chi connectivity index (χ2v) is 15.2. The average Bonchev–Trinajstić information content (AvgIpc) is 3.49. The first-order chi connectivity index (χ1) is 19.6. The zero-order valence-electron chi connectivity index (χ0n) is 22.2. The SMILES string of the molecule is C[Si]1(C)c2ccccc2-c2c(-c3nc(-c4ccccc4)nc(-c4ccc5c(c4)oc4ccccc45)n3)cccc21. The molecule has 5 heteroatoms. The Labute approximate surface area is 233 Å². The summed E-state index contributed by atoms with van der Waals surface area (Å²) in [6, 6.07) is 39.9. The van der Waals surface area contributed by atoms with E-state index in [0.717, 1.165) is 38.6 Å². The van der Waals surface area contributed by atoms with Crippen molar-refractivity contribution >= 4 is 40.4 Å². The largest absolute Gasteiger partial charge is 0.456 e. The summed E-state index contributed by atoms with van der Waals surface area (Å²) >= 11 is 0. The Morgan fingerprint density at radius 3 is 2.02 bits per heavy atom. The number of para-hydroxylation sites is 1. The van der Waals surface area contributed by atoms with E-state index in [1.807, 2.05) is 54.6 Å². The molecule has 0 saturated carbocycles. The Morgan fingerprint density at radius 2 is 1.15 bits per heavy atom. The molecule has 0 spiro atoms. The molecule has 0 N–H and O–H groups in total. The third-order valence-corrected chi connectivity index (χ3v) is 11.7. The average molecular weight is 532 g/mol. The minimum absolute atomic E-state index is 0.631. The summed E-state index contributed by atoms with van der Waals surface area (Å²) in [7, 11) is -1.83. The third-order valence-electron chi connectivity index (χ3n) is 8.15. The minimum Gasteiger partial charge on any atom is -0.456 e. The molecule has 0 radical (unpaired) electrons. The summed E-state index contributed by atoms with van der Waals surface area (Å²) in [5, 5.41) is 5.08. The van der Waals surface area contributed by atoms with Crippen LogP contribution >= 0.6 is 0 Å². The number of benzene rings is 5. The molecule has 0 atom stereocenters. The highest BCUT2D eigenvalue weighted by atomic mass is 28.3. The number of aromatic nitrogens is 3. The summed E-state index contributed by atoms with van der Waals surface area (Å²) < 4.78 is 6.20. The molecule has 0 saturated heterocycles. The standard InChI is InChI=1S/C35H25N3OSi/c1-40(2)30-17-9-7-14-26(30)32-27(15-10-18-31(32)40)35-37-33(22-11-4-3-5-12-22)36-34(38-35)23-19-20-25-24-13-6-8-16-28(24)39-29(25)21-23/h3-21H,1-2H3. The highest BCUT2D eigenvalue weighted by molar-refractivity contribution is 7.04. The van der Waals surface area contributed by atoms with E-state index in [-0.39, 0.29) is 0 Å². The fraction of sp³-hybridized carbons (Fsp3) is 0.0571. The topological polar surface area (TPSA) is 51.8 Å². The lowest BCUT2D eigenvalue weighted by molar-refractivity contribution is 0.669. The quantitative estimate of drug-likeness (QED) is 0.221. The van der Waals surface area contributed by atoms with E-state index >= 15 is 0 Å². The molecule has 0 aliphatic carbocycles. The molecule has 0 bridgehead atoms. The van der Waals surface area contributed by atoms with Crippen LogP contribution in [0.3, 0.4) is 0 Å². The third kappa shape index (κ3) is 3.41. The Balaban J connectivity index is 1.37. The van der Waals surface area contributed by atoms with Crippen LogP contribution < -0.4 is 10.4 Å². The maximum atomic E-state index is 6.20. The number of hydrogen-bond acceptors (Lipinski definition) is 4. The van der Waals surface area contributed by atoms with Gasteiger partial charge < -0.3 is 4.42 Å². The van der Waals surface area contributed by atoms with E-state index in [4.69, 9.17) is 19.4 Å². The van der Waals surface area contributed by atoms with Gasteiger partial charge >= 0.3 is 0 Å². The summed E-state index contributed by atoms with van der Waals surface area (Å²) in [6.45, 7) is 4.86. The first kappa shape index (κ1) is 23.1. The number of hydrogen-bond donors (Lipinski definition) is 0. The van der Waals surface area contributed by atoms with Gasteiger partial charge in [-0.2, -0.15) is 0 Å². The first-order valence-electron chi connectivity index (χ1n) is 13.5. The van der Waals surface area contributed by atoms with Gasteiger partial charge in [0.25, 0.3) is 0 Å². The fourth-order valence-electron chi connectivity index (χ4n) is 6.15. The van der Waals surface area contributed by atoms with Crippen LogP contribution in [0.1, 0.15) is 0 Å². The number of furan rings is 1. The molecule has 40 heavy (non-hydrogen) atoms. The van der Waals surface area contributed by atoms with E-state index in [9.17, 15) is 0 Å². The Hall–Kier alpha value is -4.87. The van der Waals surface area contributed by atoms with Crippen LogP contribution in [0.4, 0.5) is 0 Å². The van der Waals surface area contributed by atoms with Gasteiger partial charge in [-0.1, -0.05) is 110 Å². The van der Waals surface area contributed by atoms with Gasteiger partial charge in [0.1, 0.15) is 19.2 Å². The van der Waals surface area contributed by atoms with Crippen LogP contribution in [-0.2, 0) is 0 Å².